The molecule has 0 heterocycles. The minimum absolute atomic E-state index is 0.0605. The first kappa shape index (κ1) is 16.6. The lowest BCUT2D eigenvalue weighted by Crippen LogP contribution is -2.13. The third-order valence-electron chi connectivity index (χ3n) is 3.07. The third kappa shape index (κ3) is 4.89. The van der Waals surface area contributed by atoms with E-state index >= 15 is 0 Å². The van der Waals surface area contributed by atoms with Crippen LogP contribution in [-0.4, -0.2) is 22.2 Å². The topological polar surface area (TPSA) is 98.7 Å². The fourth-order valence-electron chi connectivity index (χ4n) is 2.01. The van der Waals surface area contributed by atoms with Gasteiger partial charge in [0.05, 0.1) is 10.7 Å². The highest BCUT2D eigenvalue weighted by Gasteiger charge is 2.12. The monoisotopic (exact) mass is 334 g/mol. The number of hydrogen-bond donors (Lipinski definition) is 4. The van der Waals surface area contributed by atoms with Crippen LogP contribution in [0.25, 0.3) is 0 Å². The molecular formula is C16H15ClN2O4. The van der Waals surface area contributed by atoms with Crippen LogP contribution in [0.3, 0.4) is 0 Å². The quantitative estimate of drug-likeness (QED) is 0.495. The van der Waals surface area contributed by atoms with E-state index in [0.717, 1.165) is 5.56 Å². The summed E-state index contributed by atoms with van der Waals surface area (Å²) >= 11 is 5.82. The summed E-state index contributed by atoms with van der Waals surface area (Å²) in [6, 6.07) is 12.2. The molecule has 0 saturated carbocycles. The fraction of sp³-hybridized carbons (Fsp3) is 0.125. The van der Waals surface area contributed by atoms with Gasteiger partial charge in [0, 0.05) is 12.1 Å². The Hall–Kier alpha value is -2.73. The summed E-state index contributed by atoms with van der Waals surface area (Å²) in [6.45, 7) is 0. The molecule has 0 atom stereocenters. The van der Waals surface area contributed by atoms with Crippen molar-refractivity contribution in [2.24, 2.45) is 0 Å². The van der Waals surface area contributed by atoms with Crippen molar-refractivity contribution < 1.29 is 19.8 Å². The first-order valence-electron chi connectivity index (χ1n) is 6.82. The Bertz CT molecular complexity index is 720. The summed E-state index contributed by atoms with van der Waals surface area (Å²) in [4.78, 5) is 22.6. The minimum atomic E-state index is -1.34. The summed E-state index contributed by atoms with van der Waals surface area (Å²) in [5.41, 5.74) is 1.25. The standard InChI is InChI=1S/C16H15ClN2O4/c17-12-8-11(9-13(15(12)21)19-16(22)23)18-14(20)7-6-10-4-2-1-3-5-10/h1-5,8-9,19,21H,6-7H2,(H,18,20)(H,22,23). The highest BCUT2D eigenvalue weighted by Crippen LogP contribution is 2.35. The van der Waals surface area contributed by atoms with Crippen molar-refractivity contribution in [3.63, 3.8) is 0 Å². The van der Waals surface area contributed by atoms with Crippen molar-refractivity contribution in [1.82, 2.24) is 0 Å². The van der Waals surface area contributed by atoms with Crippen molar-refractivity contribution in [1.29, 1.82) is 0 Å². The van der Waals surface area contributed by atoms with Gasteiger partial charge in [0.1, 0.15) is 0 Å². The van der Waals surface area contributed by atoms with Gasteiger partial charge in [0.2, 0.25) is 5.91 Å². The van der Waals surface area contributed by atoms with Gasteiger partial charge in [0.25, 0.3) is 0 Å². The Kier molecular flexibility index (Phi) is 5.43. The number of carbonyl (C=O) groups excluding carboxylic acids is 1. The van der Waals surface area contributed by atoms with Crippen LogP contribution in [0.5, 0.6) is 5.75 Å². The Morgan fingerprint density at radius 3 is 2.43 bits per heavy atom. The molecule has 120 valence electrons. The first-order valence-corrected chi connectivity index (χ1v) is 7.19. The highest BCUT2D eigenvalue weighted by molar-refractivity contribution is 6.33. The molecule has 0 radical (unpaired) electrons. The molecule has 0 aromatic heterocycles. The van der Waals surface area contributed by atoms with Crippen LogP contribution in [0.2, 0.25) is 5.02 Å². The summed E-state index contributed by atoms with van der Waals surface area (Å²) < 4.78 is 0. The zero-order valence-electron chi connectivity index (χ0n) is 12.0. The van der Waals surface area contributed by atoms with Crippen molar-refractivity contribution >= 4 is 35.0 Å². The maximum absolute atomic E-state index is 12.0. The van der Waals surface area contributed by atoms with E-state index < -0.39 is 11.8 Å². The van der Waals surface area contributed by atoms with Crippen molar-refractivity contribution in [2.75, 3.05) is 10.6 Å². The Morgan fingerprint density at radius 2 is 1.78 bits per heavy atom. The number of nitrogens with one attached hydrogen (secondary N) is 2. The number of aryl methyl sites for hydroxylation is 1. The number of phenols is 1. The van der Waals surface area contributed by atoms with Gasteiger partial charge in [-0.25, -0.2) is 4.79 Å². The number of benzene rings is 2. The SMILES string of the molecule is O=C(O)Nc1cc(NC(=O)CCc2ccccc2)cc(Cl)c1O. The van der Waals surface area contributed by atoms with E-state index in [-0.39, 0.29) is 23.0 Å². The van der Waals surface area contributed by atoms with E-state index in [2.05, 4.69) is 5.32 Å². The summed E-state index contributed by atoms with van der Waals surface area (Å²) in [5.74, 6) is -0.631. The second-order valence-electron chi connectivity index (χ2n) is 4.82. The van der Waals surface area contributed by atoms with E-state index in [4.69, 9.17) is 16.7 Å². The molecule has 0 aliphatic carbocycles. The van der Waals surface area contributed by atoms with Crippen LogP contribution in [-0.2, 0) is 11.2 Å². The fourth-order valence-corrected chi connectivity index (χ4v) is 2.23. The van der Waals surface area contributed by atoms with Gasteiger partial charge in [0.15, 0.2) is 5.75 Å². The van der Waals surface area contributed by atoms with Gasteiger partial charge in [-0.05, 0) is 24.1 Å². The number of amides is 2. The number of phenolic OH excluding ortho intramolecular Hbond substituents is 1. The third-order valence-corrected chi connectivity index (χ3v) is 3.36. The van der Waals surface area contributed by atoms with Gasteiger partial charge < -0.3 is 15.5 Å². The molecule has 2 aromatic rings. The van der Waals surface area contributed by atoms with Gasteiger partial charge in [-0.3, -0.25) is 10.1 Å². The number of anilines is 2. The Morgan fingerprint density at radius 1 is 1.09 bits per heavy atom. The van der Waals surface area contributed by atoms with Crippen LogP contribution in [0.1, 0.15) is 12.0 Å². The molecule has 0 saturated heterocycles. The molecule has 0 aliphatic heterocycles. The zero-order valence-corrected chi connectivity index (χ0v) is 12.8. The number of aromatic hydroxyl groups is 1. The van der Waals surface area contributed by atoms with Crippen LogP contribution in [0.15, 0.2) is 42.5 Å². The first-order chi connectivity index (χ1) is 11.0. The van der Waals surface area contributed by atoms with E-state index in [1.165, 1.54) is 12.1 Å². The molecule has 0 fully saturated rings. The van der Waals surface area contributed by atoms with Gasteiger partial charge in [-0.1, -0.05) is 41.9 Å². The lowest BCUT2D eigenvalue weighted by molar-refractivity contribution is -0.116. The molecule has 2 amide bonds. The molecule has 0 spiro atoms. The van der Waals surface area contributed by atoms with E-state index in [9.17, 15) is 14.7 Å². The van der Waals surface area contributed by atoms with Crippen LogP contribution >= 0.6 is 11.6 Å². The molecule has 23 heavy (non-hydrogen) atoms. The molecule has 2 aromatic carbocycles. The molecule has 6 nitrogen and oxygen atoms in total. The van der Waals surface area contributed by atoms with Gasteiger partial charge >= 0.3 is 6.09 Å². The predicted octanol–water partition coefficient (Wildman–Crippen LogP) is 3.71. The average molecular weight is 335 g/mol. The van der Waals surface area contributed by atoms with Crippen LogP contribution in [0.4, 0.5) is 16.2 Å². The second-order valence-corrected chi connectivity index (χ2v) is 5.23. The molecule has 4 N–H and O–H groups in total. The zero-order chi connectivity index (χ0) is 16.8. The molecule has 0 bridgehead atoms. The second kappa shape index (κ2) is 7.51. The Labute approximate surface area is 137 Å². The summed E-state index contributed by atoms with van der Waals surface area (Å²) in [6.07, 6.45) is -0.493. The maximum Gasteiger partial charge on any atom is 0.409 e. The number of rotatable bonds is 5. The van der Waals surface area contributed by atoms with Crippen molar-refractivity contribution in [2.45, 2.75) is 12.8 Å². The molecule has 7 heteroatoms. The normalized spacial score (nSPS) is 10.1. The van der Waals surface area contributed by atoms with Crippen molar-refractivity contribution in [3.8, 4) is 5.75 Å². The van der Waals surface area contributed by atoms with Crippen LogP contribution in [0, 0.1) is 0 Å². The molecular weight excluding hydrogens is 320 g/mol. The summed E-state index contributed by atoms with van der Waals surface area (Å²) in [5, 5.41) is 23.0. The molecule has 0 aliphatic rings. The predicted molar refractivity (Wildman–Crippen MR) is 88.2 cm³/mol. The maximum atomic E-state index is 12.0. The van der Waals surface area contributed by atoms with E-state index in [1.54, 1.807) is 0 Å². The molecule has 0 unspecified atom stereocenters. The number of carbonyl (C=O) groups is 2. The Balaban J connectivity index is 2.03. The van der Waals surface area contributed by atoms with Gasteiger partial charge in [-0.15, -0.1) is 0 Å². The number of halogens is 1. The van der Waals surface area contributed by atoms with Gasteiger partial charge in [-0.2, -0.15) is 0 Å². The van der Waals surface area contributed by atoms with E-state index in [0.29, 0.717) is 12.1 Å². The van der Waals surface area contributed by atoms with E-state index in [1.807, 2.05) is 35.6 Å². The van der Waals surface area contributed by atoms with Crippen molar-refractivity contribution in [3.05, 3.63) is 53.1 Å². The lowest BCUT2D eigenvalue weighted by atomic mass is 10.1. The lowest BCUT2D eigenvalue weighted by Gasteiger charge is -2.11. The average Bonchev–Trinajstić information content (AvgIpc) is 2.51. The number of hydrogen-bond acceptors (Lipinski definition) is 3. The highest BCUT2D eigenvalue weighted by atomic mass is 35.5. The van der Waals surface area contributed by atoms with Crippen LogP contribution < -0.4 is 10.6 Å². The number of carboxylic acid groups (broad SMARTS) is 1. The minimum Gasteiger partial charge on any atom is -0.504 e. The smallest absolute Gasteiger partial charge is 0.409 e. The summed E-state index contributed by atoms with van der Waals surface area (Å²) in [7, 11) is 0. The molecule has 2 rings (SSSR count). The largest absolute Gasteiger partial charge is 0.504 e.